The van der Waals surface area contributed by atoms with Gasteiger partial charge in [0.05, 0.1) is 17.4 Å². The Morgan fingerprint density at radius 2 is 2.26 bits per heavy atom. The second-order valence-corrected chi connectivity index (χ2v) is 4.45. The molecular formula is C13H17N5O. The molecule has 0 aliphatic carbocycles. The quantitative estimate of drug-likeness (QED) is 0.472. The zero-order valence-electron chi connectivity index (χ0n) is 10.9. The van der Waals surface area contributed by atoms with Crippen LogP contribution >= 0.6 is 0 Å². The fraction of sp³-hybridized carbons (Fsp3) is 0.231. The SMILES string of the molecule is Cc1ccnc(N(N)C2=C(N)C(C)N(C=O)C=C2)c1. The van der Waals surface area contributed by atoms with E-state index in [2.05, 4.69) is 4.98 Å². The summed E-state index contributed by atoms with van der Waals surface area (Å²) >= 11 is 0. The lowest BCUT2D eigenvalue weighted by atomic mass is 10.1. The van der Waals surface area contributed by atoms with Crippen molar-refractivity contribution in [1.82, 2.24) is 9.88 Å². The number of hydrogen-bond acceptors (Lipinski definition) is 5. The largest absolute Gasteiger partial charge is 0.399 e. The minimum atomic E-state index is -0.228. The smallest absolute Gasteiger partial charge is 0.214 e. The number of rotatable bonds is 3. The number of aryl methyl sites for hydroxylation is 1. The number of aromatic nitrogens is 1. The van der Waals surface area contributed by atoms with E-state index in [1.165, 1.54) is 9.91 Å². The summed E-state index contributed by atoms with van der Waals surface area (Å²) in [7, 11) is 0. The Kier molecular flexibility index (Phi) is 3.52. The molecule has 1 aromatic heterocycles. The predicted molar refractivity (Wildman–Crippen MR) is 73.4 cm³/mol. The van der Waals surface area contributed by atoms with Gasteiger partial charge in [-0.25, -0.2) is 10.8 Å². The first kappa shape index (κ1) is 13.1. The van der Waals surface area contributed by atoms with E-state index in [9.17, 15) is 4.79 Å². The molecule has 1 aromatic rings. The van der Waals surface area contributed by atoms with E-state index < -0.39 is 0 Å². The van der Waals surface area contributed by atoms with Crippen LogP contribution in [0.3, 0.4) is 0 Å². The second kappa shape index (κ2) is 5.11. The topological polar surface area (TPSA) is 88.5 Å². The summed E-state index contributed by atoms with van der Waals surface area (Å²) in [5.74, 6) is 6.66. The number of carbonyl (C=O) groups excluding carboxylic acids is 1. The molecule has 0 aromatic carbocycles. The molecule has 1 aliphatic heterocycles. The van der Waals surface area contributed by atoms with Gasteiger partial charge in [0.2, 0.25) is 6.41 Å². The number of pyridine rings is 1. The average Bonchev–Trinajstić information content (AvgIpc) is 2.41. The van der Waals surface area contributed by atoms with Crippen molar-refractivity contribution in [2.75, 3.05) is 5.01 Å². The molecule has 100 valence electrons. The minimum Gasteiger partial charge on any atom is -0.399 e. The highest BCUT2D eigenvalue weighted by Gasteiger charge is 2.22. The molecule has 6 heteroatoms. The number of nitrogens with zero attached hydrogens (tertiary/aromatic N) is 3. The molecule has 0 saturated heterocycles. The van der Waals surface area contributed by atoms with Gasteiger partial charge in [-0.2, -0.15) is 0 Å². The molecule has 1 atom stereocenters. The normalized spacial score (nSPS) is 18.7. The molecule has 1 aliphatic rings. The van der Waals surface area contributed by atoms with Crippen molar-refractivity contribution in [3.63, 3.8) is 0 Å². The first-order chi connectivity index (χ1) is 9.04. The van der Waals surface area contributed by atoms with Crippen LogP contribution in [0.2, 0.25) is 0 Å². The molecule has 0 radical (unpaired) electrons. The number of amides is 1. The lowest BCUT2D eigenvalue weighted by Crippen LogP contribution is -2.41. The van der Waals surface area contributed by atoms with Crippen molar-refractivity contribution in [3.8, 4) is 0 Å². The number of carbonyl (C=O) groups is 1. The van der Waals surface area contributed by atoms with E-state index in [1.807, 2.05) is 26.0 Å². The number of allylic oxidation sites excluding steroid dienone is 1. The first-order valence-corrected chi connectivity index (χ1v) is 5.92. The van der Waals surface area contributed by atoms with Crippen LogP contribution in [-0.2, 0) is 4.79 Å². The lowest BCUT2D eigenvalue weighted by Gasteiger charge is -2.31. The molecule has 6 nitrogen and oxygen atoms in total. The zero-order chi connectivity index (χ0) is 14.0. The van der Waals surface area contributed by atoms with E-state index in [4.69, 9.17) is 11.6 Å². The highest BCUT2D eigenvalue weighted by atomic mass is 16.1. The van der Waals surface area contributed by atoms with Gasteiger partial charge in [-0.15, -0.1) is 0 Å². The summed E-state index contributed by atoms with van der Waals surface area (Å²) in [6, 6.07) is 3.53. The number of hydrazine groups is 1. The maximum atomic E-state index is 10.8. The van der Waals surface area contributed by atoms with Crippen LogP contribution in [0.15, 0.2) is 42.0 Å². The molecule has 2 rings (SSSR count). The third-order valence-electron chi connectivity index (χ3n) is 3.13. The van der Waals surface area contributed by atoms with Crippen molar-refractivity contribution in [1.29, 1.82) is 0 Å². The van der Waals surface area contributed by atoms with Gasteiger partial charge >= 0.3 is 0 Å². The van der Waals surface area contributed by atoms with Crippen molar-refractivity contribution in [3.05, 3.63) is 47.6 Å². The van der Waals surface area contributed by atoms with Crippen LogP contribution in [-0.4, -0.2) is 22.3 Å². The number of anilines is 1. The van der Waals surface area contributed by atoms with Gasteiger partial charge in [0.1, 0.15) is 5.82 Å². The highest BCUT2D eigenvalue weighted by molar-refractivity contribution is 5.57. The maximum Gasteiger partial charge on any atom is 0.214 e. The Morgan fingerprint density at radius 3 is 2.89 bits per heavy atom. The zero-order valence-corrected chi connectivity index (χ0v) is 10.9. The van der Waals surface area contributed by atoms with Gasteiger partial charge in [0.15, 0.2) is 0 Å². The summed E-state index contributed by atoms with van der Waals surface area (Å²) in [6.45, 7) is 3.80. The highest BCUT2D eigenvalue weighted by Crippen LogP contribution is 2.22. The Morgan fingerprint density at radius 1 is 1.53 bits per heavy atom. The van der Waals surface area contributed by atoms with Gasteiger partial charge < -0.3 is 10.6 Å². The van der Waals surface area contributed by atoms with Crippen molar-refractivity contribution < 1.29 is 4.79 Å². The summed E-state index contributed by atoms with van der Waals surface area (Å²) in [6.07, 6.45) is 5.78. The van der Waals surface area contributed by atoms with E-state index in [0.717, 1.165) is 12.0 Å². The Bertz CT molecular complexity index is 552. The average molecular weight is 259 g/mol. The van der Waals surface area contributed by atoms with Crippen LogP contribution in [0, 0.1) is 6.92 Å². The fourth-order valence-electron chi connectivity index (χ4n) is 1.88. The Hall–Kier alpha value is -2.34. The number of hydrogen-bond donors (Lipinski definition) is 2. The monoisotopic (exact) mass is 259 g/mol. The molecule has 4 N–H and O–H groups in total. The van der Waals surface area contributed by atoms with Crippen molar-refractivity contribution in [2.24, 2.45) is 11.6 Å². The summed E-state index contributed by atoms with van der Waals surface area (Å²) < 4.78 is 0. The van der Waals surface area contributed by atoms with Crippen LogP contribution < -0.4 is 16.6 Å². The van der Waals surface area contributed by atoms with Gasteiger partial charge in [-0.1, -0.05) is 0 Å². The van der Waals surface area contributed by atoms with Gasteiger partial charge in [-0.3, -0.25) is 9.80 Å². The third kappa shape index (κ3) is 2.43. The lowest BCUT2D eigenvalue weighted by molar-refractivity contribution is -0.116. The second-order valence-electron chi connectivity index (χ2n) is 4.45. The summed E-state index contributed by atoms with van der Waals surface area (Å²) in [4.78, 5) is 16.5. The fourth-order valence-corrected chi connectivity index (χ4v) is 1.88. The van der Waals surface area contributed by atoms with E-state index in [-0.39, 0.29) is 6.04 Å². The van der Waals surface area contributed by atoms with E-state index in [1.54, 1.807) is 18.5 Å². The van der Waals surface area contributed by atoms with E-state index >= 15 is 0 Å². The van der Waals surface area contributed by atoms with Crippen LogP contribution in [0.25, 0.3) is 0 Å². The summed E-state index contributed by atoms with van der Waals surface area (Å²) in [5.41, 5.74) is 8.27. The van der Waals surface area contributed by atoms with Gasteiger partial charge in [-0.05, 0) is 37.6 Å². The summed E-state index contributed by atoms with van der Waals surface area (Å²) in [5, 5.41) is 1.43. The third-order valence-corrected chi connectivity index (χ3v) is 3.13. The molecule has 0 spiro atoms. The molecule has 2 heterocycles. The minimum absolute atomic E-state index is 0.228. The Labute approximate surface area is 112 Å². The van der Waals surface area contributed by atoms with E-state index in [0.29, 0.717) is 17.2 Å². The Balaban J connectivity index is 2.34. The number of nitrogens with two attached hydrogens (primary N) is 2. The van der Waals surface area contributed by atoms with Gasteiger partial charge in [0.25, 0.3) is 0 Å². The molecular weight excluding hydrogens is 242 g/mol. The molecule has 0 saturated carbocycles. The van der Waals surface area contributed by atoms with Crippen LogP contribution in [0.4, 0.5) is 5.82 Å². The van der Waals surface area contributed by atoms with Crippen LogP contribution in [0.1, 0.15) is 12.5 Å². The first-order valence-electron chi connectivity index (χ1n) is 5.92. The maximum absolute atomic E-state index is 10.8. The standard InChI is InChI=1S/C13H17N5O/c1-9-3-5-16-12(7-9)18(15)11-4-6-17(8-19)10(2)13(11)14/h3-8,10H,14-15H2,1-2H3. The molecule has 0 fully saturated rings. The molecule has 19 heavy (non-hydrogen) atoms. The van der Waals surface area contributed by atoms with Gasteiger partial charge in [0, 0.05) is 12.4 Å². The molecule has 1 unspecified atom stereocenters. The predicted octanol–water partition coefficient (Wildman–Crippen LogP) is 0.615. The van der Waals surface area contributed by atoms with Crippen molar-refractivity contribution >= 4 is 12.2 Å². The molecule has 1 amide bonds. The molecule has 0 bridgehead atoms. The van der Waals surface area contributed by atoms with Crippen molar-refractivity contribution in [2.45, 2.75) is 19.9 Å². The van der Waals surface area contributed by atoms with Crippen LogP contribution in [0.5, 0.6) is 0 Å².